The maximum Gasteiger partial charge on any atom is 0.147 e. The minimum Gasteiger partial charge on any atom is -0.485 e. The van der Waals surface area contributed by atoms with Gasteiger partial charge in [0.15, 0.2) is 0 Å². The molecule has 2 rings (SSSR count). The maximum atomic E-state index is 9.15. The number of nitriles is 2. The van der Waals surface area contributed by atoms with Crippen LogP contribution in [0.25, 0.3) is 0 Å². The van der Waals surface area contributed by atoms with E-state index in [2.05, 4.69) is 17.1 Å². The highest BCUT2D eigenvalue weighted by atomic mass is 35.5. The Hall–Kier alpha value is -2.50. The number of benzene rings is 1. The van der Waals surface area contributed by atoms with Crippen molar-refractivity contribution in [2.24, 2.45) is 7.05 Å². The van der Waals surface area contributed by atoms with Crippen LogP contribution in [0.4, 0.5) is 0 Å². The lowest BCUT2D eigenvalue weighted by molar-refractivity contribution is 0.284. The molecule has 6 heteroatoms. The summed E-state index contributed by atoms with van der Waals surface area (Å²) in [5.74, 6) is 1.25. The Morgan fingerprint density at radius 2 is 1.96 bits per heavy atom. The number of aromatic nitrogens is 2. The molecule has 1 aromatic carbocycles. The Balaban J connectivity index is 2.36. The summed E-state index contributed by atoms with van der Waals surface area (Å²) in [4.78, 5) is 4.18. The lowest BCUT2D eigenvalue weighted by atomic mass is 9.85. The van der Waals surface area contributed by atoms with Gasteiger partial charge in [-0.1, -0.05) is 32.4 Å². The van der Waals surface area contributed by atoms with E-state index in [1.54, 1.807) is 23.7 Å². The number of rotatable bonds is 3. The first-order valence-corrected chi connectivity index (χ1v) is 7.43. The van der Waals surface area contributed by atoms with E-state index in [1.165, 1.54) is 6.20 Å². The molecule has 1 heterocycles. The van der Waals surface area contributed by atoms with Crippen molar-refractivity contribution in [3.05, 3.63) is 46.0 Å². The van der Waals surface area contributed by atoms with Crippen molar-refractivity contribution in [3.8, 4) is 17.9 Å². The fourth-order valence-corrected chi connectivity index (χ4v) is 2.37. The number of halogens is 1. The SMILES string of the molecule is Cn1c(C#N)cnc1COc1cc(Cl)c(C#N)cc1C(C)(C)C. The van der Waals surface area contributed by atoms with Crippen molar-refractivity contribution >= 4 is 11.6 Å². The summed E-state index contributed by atoms with van der Waals surface area (Å²) in [6.07, 6.45) is 1.51. The highest BCUT2D eigenvalue weighted by molar-refractivity contribution is 6.31. The van der Waals surface area contributed by atoms with E-state index < -0.39 is 0 Å². The molecule has 0 radical (unpaired) electrons. The molecule has 0 bridgehead atoms. The first kappa shape index (κ1) is 16.9. The summed E-state index contributed by atoms with van der Waals surface area (Å²) in [6.45, 7) is 6.33. The number of nitrogens with zero attached hydrogens (tertiary/aromatic N) is 4. The Morgan fingerprint density at radius 1 is 1.26 bits per heavy atom. The molecule has 1 aromatic heterocycles. The molecule has 5 nitrogen and oxygen atoms in total. The minimum atomic E-state index is -0.203. The average molecular weight is 329 g/mol. The van der Waals surface area contributed by atoms with Gasteiger partial charge in [0.1, 0.15) is 36.0 Å². The van der Waals surface area contributed by atoms with Gasteiger partial charge in [-0.2, -0.15) is 10.5 Å². The fraction of sp³-hybridized carbons (Fsp3) is 0.353. The van der Waals surface area contributed by atoms with Crippen LogP contribution in [0.15, 0.2) is 18.3 Å². The molecule has 0 amide bonds. The van der Waals surface area contributed by atoms with Crippen molar-refractivity contribution in [3.63, 3.8) is 0 Å². The third-order valence-electron chi connectivity index (χ3n) is 3.55. The van der Waals surface area contributed by atoms with Gasteiger partial charge in [0.2, 0.25) is 0 Å². The molecule has 0 N–H and O–H groups in total. The third-order valence-corrected chi connectivity index (χ3v) is 3.87. The van der Waals surface area contributed by atoms with Crippen LogP contribution < -0.4 is 4.74 Å². The quantitative estimate of drug-likeness (QED) is 0.861. The van der Waals surface area contributed by atoms with Crippen LogP contribution in [0.2, 0.25) is 5.02 Å². The van der Waals surface area contributed by atoms with Crippen molar-refractivity contribution in [1.29, 1.82) is 10.5 Å². The molecule has 0 aliphatic carbocycles. The number of hydrogen-bond acceptors (Lipinski definition) is 4. The molecule has 0 aliphatic rings. The number of imidazole rings is 1. The Labute approximate surface area is 140 Å². The zero-order valence-electron chi connectivity index (χ0n) is 13.5. The zero-order chi connectivity index (χ0) is 17.2. The Bertz CT molecular complexity index is 819. The van der Waals surface area contributed by atoms with Crippen LogP contribution in [-0.4, -0.2) is 9.55 Å². The van der Waals surface area contributed by atoms with Gasteiger partial charge < -0.3 is 9.30 Å². The predicted molar refractivity (Wildman–Crippen MR) is 87.1 cm³/mol. The van der Waals surface area contributed by atoms with Gasteiger partial charge in [-0.3, -0.25) is 0 Å². The summed E-state index contributed by atoms with van der Waals surface area (Å²) in [6, 6.07) is 7.57. The van der Waals surface area contributed by atoms with E-state index in [0.717, 1.165) is 5.56 Å². The molecule has 0 unspecified atom stereocenters. The zero-order valence-corrected chi connectivity index (χ0v) is 14.3. The second-order valence-corrected chi connectivity index (χ2v) is 6.62. The van der Waals surface area contributed by atoms with Crippen molar-refractivity contribution < 1.29 is 4.74 Å². The molecule has 0 aliphatic heterocycles. The van der Waals surface area contributed by atoms with Crippen molar-refractivity contribution in [1.82, 2.24) is 9.55 Å². The van der Waals surface area contributed by atoms with Gasteiger partial charge in [-0.05, 0) is 11.5 Å². The number of ether oxygens (including phenoxy) is 1. The first-order chi connectivity index (χ1) is 10.8. The molecule has 0 spiro atoms. The van der Waals surface area contributed by atoms with Crippen LogP contribution >= 0.6 is 11.6 Å². The Kier molecular flexibility index (Phi) is 4.63. The van der Waals surface area contributed by atoms with E-state index in [4.69, 9.17) is 26.9 Å². The summed E-state index contributed by atoms with van der Waals surface area (Å²) >= 11 is 6.12. The maximum absolute atomic E-state index is 9.15. The average Bonchev–Trinajstić information content (AvgIpc) is 2.84. The first-order valence-electron chi connectivity index (χ1n) is 7.05. The standard InChI is InChI=1S/C17H17ClN4O/c1-17(2,3)13-5-11(7-19)14(18)6-15(13)23-10-16-21-9-12(8-20)22(16)4/h5-6,9H,10H2,1-4H3. The molecule has 23 heavy (non-hydrogen) atoms. The normalized spacial score (nSPS) is 10.9. The van der Waals surface area contributed by atoms with E-state index >= 15 is 0 Å². The lowest BCUT2D eigenvalue weighted by Gasteiger charge is -2.23. The largest absolute Gasteiger partial charge is 0.485 e. The molecular formula is C17H17ClN4O. The van der Waals surface area contributed by atoms with E-state index in [9.17, 15) is 0 Å². The minimum absolute atomic E-state index is 0.203. The monoisotopic (exact) mass is 328 g/mol. The van der Waals surface area contributed by atoms with Crippen molar-refractivity contribution in [2.75, 3.05) is 0 Å². The van der Waals surface area contributed by atoms with Crippen molar-refractivity contribution in [2.45, 2.75) is 32.8 Å². The molecule has 0 saturated carbocycles. The van der Waals surface area contributed by atoms with Gasteiger partial charge in [0.05, 0.1) is 16.8 Å². The molecule has 0 fully saturated rings. The highest BCUT2D eigenvalue weighted by Crippen LogP contribution is 2.35. The molecule has 0 saturated heterocycles. The van der Waals surface area contributed by atoms with Gasteiger partial charge in [0.25, 0.3) is 0 Å². The predicted octanol–water partition coefficient (Wildman–Crippen LogP) is 3.69. The van der Waals surface area contributed by atoms with Crippen LogP contribution in [-0.2, 0) is 19.1 Å². The van der Waals surface area contributed by atoms with Crippen LogP contribution in [0.3, 0.4) is 0 Å². The van der Waals surface area contributed by atoms with E-state index in [1.807, 2.05) is 20.8 Å². The van der Waals surface area contributed by atoms with Gasteiger partial charge >= 0.3 is 0 Å². The summed E-state index contributed by atoms with van der Waals surface area (Å²) < 4.78 is 7.56. The second kappa shape index (κ2) is 6.32. The van der Waals surface area contributed by atoms with E-state index in [0.29, 0.717) is 27.9 Å². The van der Waals surface area contributed by atoms with Gasteiger partial charge in [0, 0.05) is 18.7 Å². The van der Waals surface area contributed by atoms with E-state index in [-0.39, 0.29) is 12.0 Å². The van der Waals surface area contributed by atoms with Gasteiger partial charge in [-0.15, -0.1) is 0 Å². The van der Waals surface area contributed by atoms with Crippen LogP contribution in [0, 0.1) is 22.7 Å². The highest BCUT2D eigenvalue weighted by Gasteiger charge is 2.22. The molecule has 118 valence electrons. The topological polar surface area (TPSA) is 74.6 Å². The fourth-order valence-electron chi connectivity index (χ4n) is 2.17. The molecule has 0 atom stereocenters. The molecular weight excluding hydrogens is 312 g/mol. The lowest BCUT2D eigenvalue weighted by Crippen LogP contribution is -2.15. The summed E-state index contributed by atoms with van der Waals surface area (Å²) in [5, 5.41) is 18.5. The summed E-state index contributed by atoms with van der Waals surface area (Å²) in [7, 11) is 1.76. The number of hydrogen-bond donors (Lipinski definition) is 0. The Morgan fingerprint density at radius 3 is 2.48 bits per heavy atom. The second-order valence-electron chi connectivity index (χ2n) is 6.21. The third kappa shape index (κ3) is 3.47. The van der Waals surface area contributed by atoms with Crippen LogP contribution in [0.1, 0.15) is 43.4 Å². The summed E-state index contributed by atoms with van der Waals surface area (Å²) in [5.41, 5.74) is 1.59. The van der Waals surface area contributed by atoms with Gasteiger partial charge in [-0.25, -0.2) is 4.98 Å². The molecule has 2 aromatic rings. The smallest absolute Gasteiger partial charge is 0.147 e. The van der Waals surface area contributed by atoms with Crippen LogP contribution in [0.5, 0.6) is 5.75 Å².